The van der Waals surface area contributed by atoms with Crippen molar-refractivity contribution in [1.29, 1.82) is 5.41 Å². The van der Waals surface area contributed by atoms with Gasteiger partial charge in [0.1, 0.15) is 5.84 Å². The Morgan fingerprint density at radius 2 is 2.22 bits per heavy atom. The van der Waals surface area contributed by atoms with Gasteiger partial charge in [-0.3, -0.25) is 5.41 Å². The first-order chi connectivity index (χ1) is 8.39. The van der Waals surface area contributed by atoms with E-state index < -0.39 is 5.60 Å². The molecule has 4 nitrogen and oxygen atoms in total. The van der Waals surface area contributed by atoms with E-state index in [2.05, 4.69) is 4.90 Å². The van der Waals surface area contributed by atoms with Crippen LogP contribution in [0.1, 0.15) is 30.9 Å². The van der Waals surface area contributed by atoms with Crippen LogP contribution in [0.4, 0.5) is 5.69 Å². The molecule has 0 radical (unpaired) electrons. The predicted molar refractivity (Wildman–Crippen MR) is 74.3 cm³/mol. The van der Waals surface area contributed by atoms with Crippen molar-refractivity contribution < 1.29 is 5.11 Å². The van der Waals surface area contributed by atoms with E-state index in [9.17, 15) is 5.11 Å². The predicted octanol–water partition coefficient (Wildman–Crippen LogP) is 1.63. The number of hydrogen-bond acceptors (Lipinski definition) is 3. The molecule has 1 saturated heterocycles. The first-order valence-corrected chi connectivity index (χ1v) is 6.31. The van der Waals surface area contributed by atoms with Gasteiger partial charge in [-0.2, -0.15) is 0 Å². The Bertz CT molecular complexity index is 468. The fourth-order valence-corrected chi connectivity index (χ4v) is 2.57. The fraction of sp³-hybridized carbons (Fsp3) is 0.500. The molecule has 1 atom stereocenters. The number of nitrogens with one attached hydrogen (secondary N) is 1. The molecule has 1 unspecified atom stereocenters. The second-order valence-corrected chi connectivity index (χ2v) is 5.46. The summed E-state index contributed by atoms with van der Waals surface area (Å²) in [5, 5.41) is 17.8. The van der Waals surface area contributed by atoms with Gasteiger partial charge in [0.2, 0.25) is 0 Å². The summed E-state index contributed by atoms with van der Waals surface area (Å²) in [5.74, 6) is 0.0823. The minimum atomic E-state index is -0.656. The lowest BCUT2D eigenvalue weighted by atomic mass is 9.94. The molecule has 1 aromatic rings. The van der Waals surface area contributed by atoms with Crippen LogP contribution in [0.25, 0.3) is 0 Å². The highest BCUT2D eigenvalue weighted by Gasteiger charge is 2.29. The Labute approximate surface area is 108 Å². The molecule has 1 heterocycles. The summed E-state index contributed by atoms with van der Waals surface area (Å²) in [7, 11) is 0. The molecule has 0 aromatic heterocycles. The van der Waals surface area contributed by atoms with Crippen molar-refractivity contribution in [2.45, 2.75) is 32.3 Å². The van der Waals surface area contributed by atoms with Crippen LogP contribution in [0.15, 0.2) is 18.2 Å². The maximum Gasteiger partial charge on any atom is 0.124 e. The smallest absolute Gasteiger partial charge is 0.124 e. The van der Waals surface area contributed by atoms with Crippen LogP contribution in [-0.2, 0) is 0 Å². The number of rotatable bonds is 2. The second-order valence-electron chi connectivity index (χ2n) is 5.46. The van der Waals surface area contributed by atoms with Crippen LogP contribution >= 0.6 is 0 Å². The van der Waals surface area contributed by atoms with E-state index in [4.69, 9.17) is 11.1 Å². The third-order valence-corrected chi connectivity index (χ3v) is 3.46. The normalized spacial score (nSPS) is 24.1. The van der Waals surface area contributed by atoms with E-state index in [0.29, 0.717) is 6.54 Å². The monoisotopic (exact) mass is 247 g/mol. The summed E-state index contributed by atoms with van der Waals surface area (Å²) >= 11 is 0. The average molecular weight is 247 g/mol. The Balaban J connectivity index is 2.35. The summed E-state index contributed by atoms with van der Waals surface area (Å²) in [5.41, 5.74) is 7.80. The Morgan fingerprint density at radius 1 is 1.50 bits per heavy atom. The topological polar surface area (TPSA) is 73.3 Å². The van der Waals surface area contributed by atoms with Crippen LogP contribution in [0.2, 0.25) is 0 Å². The summed E-state index contributed by atoms with van der Waals surface area (Å²) in [6.45, 7) is 5.35. The summed E-state index contributed by atoms with van der Waals surface area (Å²) < 4.78 is 0. The van der Waals surface area contributed by atoms with E-state index in [1.165, 1.54) is 0 Å². The number of benzene rings is 1. The first-order valence-electron chi connectivity index (χ1n) is 6.31. The SMILES string of the molecule is Cc1ccc(N2CCCC(C)(O)C2)c(C(=N)N)c1. The molecule has 0 aliphatic carbocycles. The second kappa shape index (κ2) is 4.61. The molecule has 18 heavy (non-hydrogen) atoms. The van der Waals surface area contributed by atoms with Gasteiger partial charge in [0.15, 0.2) is 0 Å². The summed E-state index contributed by atoms with van der Waals surface area (Å²) in [6, 6.07) is 5.94. The molecule has 98 valence electrons. The maximum absolute atomic E-state index is 10.2. The van der Waals surface area contributed by atoms with Gasteiger partial charge in [0, 0.05) is 24.3 Å². The molecule has 0 amide bonds. The number of aryl methyl sites for hydroxylation is 1. The number of nitrogen functional groups attached to an aromatic ring is 1. The highest BCUT2D eigenvalue weighted by Crippen LogP contribution is 2.28. The van der Waals surface area contributed by atoms with Gasteiger partial charge < -0.3 is 15.7 Å². The van der Waals surface area contributed by atoms with Crippen LogP contribution in [-0.4, -0.2) is 29.6 Å². The van der Waals surface area contributed by atoms with Crippen LogP contribution in [0.5, 0.6) is 0 Å². The van der Waals surface area contributed by atoms with Crippen LogP contribution in [0, 0.1) is 12.3 Å². The number of β-amino-alcohol motifs (C(OH)–C–C–N with tert-alkyl or cyclic N) is 1. The fourth-order valence-electron chi connectivity index (χ4n) is 2.57. The Morgan fingerprint density at radius 3 is 2.83 bits per heavy atom. The molecule has 0 spiro atoms. The van der Waals surface area contributed by atoms with Crippen molar-refractivity contribution >= 4 is 11.5 Å². The number of piperidine rings is 1. The van der Waals surface area contributed by atoms with Crippen molar-refractivity contribution in [3.05, 3.63) is 29.3 Å². The molecule has 4 heteroatoms. The zero-order valence-corrected chi connectivity index (χ0v) is 11.0. The van der Waals surface area contributed by atoms with E-state index in [-0.39, 0.29) is 5.84 Å². The number of hydrogen-bond donors (Lipinski definition) is 3. The molecule has 2 rings (SSSR count). The van der Waals surface area contributed by atoms with Crippen molar-refractivity contribution in [2.75, 3.05) is 18.0 Å². The highest BCUT2D eigenvalue weighted by molar-refractivity contribution is 6.00. The van der Waals surface area contributed by atoms with E-state index in [1.807, 2.05) is 32.0 Å². The van der Waals surface area contributed by atoms with Crippen molar-refractivity contribution in [3.63, 3.8) is 0 Å². The van der Waals surface area contributed by atoms with Gasteiger partial charge in [-0.25, -0.2) is 0 Å². The molecular weight excluding hydrogens is 226 g/mol. The average Bonchev–Trinajstić information content (AvgIpc) is 2.27. The van der Waals surface area contributed by atoms with Gasteiger partial charge in [0.25, 0.3) is 0 Å². The molecule has 0 bridgehead atoms. The zero-order valence-electron chi connectivity index (χ0n) is 11.0. The van der Waals surface area contributed by atoms with Crippen molar-refractivity contribution in [1.82, 2.24) is 0 Å². The van der Waals surface area contributed by atoms with Gasteiger partial charge >= 0.3 is 0 Å². The third-order valence-electron chi connectivity index (χ3n) is 3.46. The Hall–Kier alpha value is -1.55. The van der Waals surface area contributed by atoms with E-state index in [0.717, 1.165) is 36.2 Å². The molecule has 4 N–H and O–H groups in total. The minimum Gasteiger partial charge on any atom is -0.388 e. The number of nitrogens with two attached hydrogens (primary N) is 1. The van der Waals surface area contributed by atoms with Gasteiger partial charge in [-0.15, -0.1) is 0 Å². The molecule has 1 fully saturated rings. The molecular formula is C14H21N3O. The third kappa shape index (κ3) is 2.64. The largest absolute Gasteiger partial charge is 0.388 e. The van der Waals surface area contributed by atoms with Crippen molar-refractivity contribution in [2.24, 2.45) is 5.73 Å². The molecule has 1 aliphatic heterocycles. The minimum absolute atomic E-state index is 0.0823. The first kappa shape index (κ1) is 12.9. The number of amidine groups is 1. The molecule has 0 saturated carbocycles. The quantitative estimate of drug-likeness (QED) is 0.549. The lowest BCUT2D eigenvalue weighted by Gasteiger charge is -2.39. The number of anilines is 1. The van der Waals surface area contributed by atoms with Gasteiger partial charge in [0.05, 0.1) is 5.60 Å². The Kier molecular flexibility index (Phi) is 3.30. The number of nitrogens with zero attached hydrogens (tertiary/aromatic N) is 1. The van der Waals surface area contributed by atoms with Gasteiger partial charge in [-0.05, 0) is 38.8 Å². The number of aliphatic hydroxyl groups is 1. The van der Waals surface area contributed by atoms with Crippen LogP contribution < -0.4 is 10.6 Å². The van der Waals surface area contributed by atoms with Crippen molar-refractivity contribution in [3.8, 4) is 0 Å². The van der Waals surface area contributed by atoms with E-state index >= 15 is 0 Å². The standard InChI is InChI=1S/C14H21N3O/c1-10-4-5-12(11(8-10)13(15)16)17-7-3-6-14(2,18)9-17/h4-5,8,18H,3,6-7,9H2,1-2H3,(H3,15,16). The summed E-state index contributed by atoms with van der Waals surface area (Å²) in [6.07, 6.45) is 1.78. The lowest BCUT2D eigenvalue weighted by molar-refractivity contribution is 0.0449. The van der Waals surface area contributed by atoms with Gasteiger partial charge in [-0.1, -0.05) is 11.6 Å². The lowest BCUT2D eigenvalue weighted by Crippen LogP contribution is -2.46. The maximum atomic E-state index is 10.2. The van der Waals surface area contributed by atoms with Crippen LogP contribution in [0.3, 0.4) is 0 Å². The highest BCUT2D eigenvalue weighted by atomic mass is 16.3. The summed E-state index contributed by atoms with van der Waals surface area (Å²) in [4.78, 5) is 2.12. The van der Waals surface area contributed by atoms with E-state index in [1.54, 1.807) is 0 Å². The molecule has 1 aliphatic rings. The zero-order chi connectivity index (χ0) is 13.3. The molecule has 1 aromatic carbocycles.